The van der Waals surface area contributed by atoms with Crippen LogP contribution in [0.3, 0.4) is 0 Å². The Bertz CT molecular complexity index is 116. The summed E-state index contributed by atoms with van der Waals surface area (Å²) in [5.41, 5.74) is 0. The van der Waals surface area contributed by atoms with Crippen molar-refractivity contribution < 1.29 is 14.0 Å². The van der Waals surface area contributed by atoms with Crippen LogP contribution >= 0.6 is 0 Å². The van der Waals surface area contributed by atoms with Crippen molar-refractivity contribution in [2.45, 2.75) is 20.8 Å². The van der Waals surface area contributed by atoms with Crippen LogP contribution in [0, 0.1) is 0 Å². The molecule has 86 valence electrons. The summed E-state index contributed by atoms with van der Waals surface area (Å²) in [7, 11) is 1.70. The highest BCUT2D eigenvalue weighted by Crippen LogP contribution is 2.04. The number of likely N-dealkylation sites (N-methyl/N-ethyl adjacent to an activating group) is 1. The monoisotopic (exact) mass is 204 g/mol. The topological polar surface area (TPSA) is 18.5 Å². The van der Waals surface area contributed by atoms with Gasteiger partial charge < -0.3 is 14.0 Å². The van der Waals surface area contributed by atoms with Crippen LogP contribution in [-0.2, 0) is 9.47 Å². The second kappa shape index (κ2) is 8.21. The van der Waals surface area contributed by atoms with Gasteiger partial charge >= 0.3 is 0 Å². The molecular weight excluding hydrogens is 178 g/mol. The first kappa shape index (κ1) is 13.9. The van der Waals surface area contributed by atoms with Gasteiger partial charge in [0.25, 0.3) is 0 Å². The lowest BCUT2D eigenvalue weighted by atomic mass is 10.3. The molecule has 3 nitrogen and oxygen atoms in total. The van der Waals surface area contributed by atoms with E-state index in [1.54, 1.807) is 7.11 Å². The van der Waals surface area contributed by atoms with E-state index in [0.717, 1.165) is 17.6 Å². The van der Waals surface area contributed by atoms with Gasteiger partial charge in [-0.15, -0.1) is 0 Å². The predicted molar refractivity (Wildman–Crippen MR) is 59.4 cm³/mol. The highest BCUT2D eigenvalue weighted by molar-refractivity contribution is 4.38. The minimum Gasteiger partial charge on any atom is -0.382 e. The Hall–Kier alpha value is -0.120. The van der Waals surface area contributed by atoms with E-state index in [1.807, 2.05) is 0 Å². The zero-order chi connectivity index (χ0) is 10.9. The highest BCUT2D eigenvalue weighted by Gasteiger charge is 2.19. The largest absolute Gasteiger partial charge is 0.382 e. The molecule has 0 saturated heterocycles. The molecule has 0 radical (unpaired) electrons. The van der Waals surface area contributed by atoms with Gasteiger partial charge in [-0.2, -0.15) is 0 Å². The molecule has 0 atom stereocenters. The van der Waals surface area contributed by atoms with Crippen LogP contribution in [0.4, 0.5) is 0 Å². The maximum absolute atomic E-state index is 5.49. The molecule has 0 aliphatic rings. The van der Waals surface area contributed by atoms with Crippen molar-refractivity contribution in [3.8, 4) is 0 Å². The first-order chi connectivity index (χ1) is 6.74. The molecule has 0 N–H and O–H groups in total. The maximum Gasteiger partial charge on any atom is 0.102 e. The number of hydrogen-bond donors (Lipinski definition) is 0. The minimum atomic E-state index is 0.699. The molecule has 0 aliphatic heterocycles. The average Bonchev–Trinajstić information content (AvgIpc) is 2.24. The van der Waals surface area contributed by atoms with Crippen molar-refractivity contribution in [3.63, 3.8) is 0 Å². The van der Waals surface area contributed by atoms with Crippen LogP contribution in [0.1, 0.15) is 20.8 Å². The molecule has 0 unspecified atom stereocenters. The van der Waals surface area contributed by atoms with Gasteiger partial charge in [-0.25, -0.2) is 0 Å². The fourth-order valence-electron chi connectivity index (χ4n) is 1.65. The SMILES string of the molecule is CC[N+](CC)(CC)CCOCCOC. The summed E-state index contributed by atoms with van der Waals surface area (Å²) < 4.78 is 11.6. The van der Waals surface area contributed by atoms with Crippen LogP contribution in [0.5, 0.6) is 0 Å². The lowest BCUT2D eigenvalue weighted by Crippen LogP contribution is -2.49. The fraction of sp³-hybridized carbons (Fsp3) is 1.00. The van der Waals surface area contributed by atoms with E-state index in [0.29, 0.717) is 13.2 Å². The Morgan fingerprint density at radius 3 is 1.86 bits per heavy atom. The molecule has 0 amide bonds. The molecular formula is C11H26NO2+. The molecule has 0 aliphatic carbocycles. The maximum atomic E-state index is 5.49. The van der Waals surface area contributed by atoms with Gasteiger partial charge in [0.2, 0.25) is 0 Å². The molecule has 0 bridgehead atoms. The molecule has 0 aromatic carbocycles. The Morgan fingerprint density at radius 2 is 1.43 bits per heavy atom. The van der Waals surface area contributed by atoms with Gasteiger partial charge in [0, 0.05) is 7.11 Å². The molecule has 3 heteroatoms. The van der Waals surface area contributed by atoms with Gasteiger partial charge in [-0.05, 0) is 20.8 Å². The van der Waals surface area contributed by atoms with Gasteiger partial charge in [-0.3, -0.25) is 0 Å². The zero-order valence-electron chi connectivity index (χ0n) is 10.2. The van der Waals surface area contributed by atoms with Crippen LogP contribution in [0.15, 0.2) is 0 Å². The molecule has 0 fully saturated rings. The number of ether oxygens (including phenoxy) is 2. The quantitative estimate of drug-likeness (QED) is 0.419. The normalized spacial score (nSPS) is 12.0. The lowest BCUT2D eigenvalue weighted by molar-refractivity contribution is -0.923. The van der Waals surface area contributed by atoms with Crippen LogP contribution in [0.25, 0.3) is 0 Å². The van der Waals surface area contributed by atoms with E-state index in [-0.39, 0.29) is 0 Å². The van der Waals surface area contributed by atoms with Crippen molar-refractivity contribution in [3.05, 3.63) is 0 Å². The summed E-state index contributed by atoms with van der Waals surface area (Å²) in [5, 5.41) is 0. The summed E-state index contributed by atoms with van der Waals surface area (Å²) in [6, 6.07) is 0. The van der Waals surface area contributed by atoms with Crippen molar-refractivity contribution in [2.75, 3.05) is 53.1 Å². The summed E-state index contributed by atoms with van der Waals surface area (Å²) in [5.74, 6) is 0. The van der Waals surface area contributed by atoms with Crippen LogP contribution in [0.2, 0.25) is 0 Å². The Kier molecular flexibility index (Phi) is 8.14. The minimum absolute atomic E-state index is 0.699. The van der Waals surface area contributed by atoms with Crippen molar-refractivity contribution in [1.82, 2.24) is 0 Å². The number of rotatable bonds is 9. The standard InChI is InChI=1S/C11H26NO2/c1-5-12(6-2,7-3)8-9-14-11-10-13-4/h5-11H2,1-4H3/q+1. The third kappa shape index (κ3) is 4.94. The Balaban J connectivity index is 3.61. The molecule has 0 heterocycles. The van der Waals surface area contributed by atoms with Crippen molar-refractivity contribution >= 4 is 0 Å². The first-order valence-electron chi connectivity index (χ1n) is 5.66. The second-order valence-electron chi connectivity index (χ2n) is 3.62. The van der Waals surface area contributed by atoms with Gasteiger partial charge in [0.1, 0.15) is 6.54 Å². The molecule has 0 spiro atoms. The number of quaternary nitrogens is 1. The highest BCUT2D eigenvalue weighted by atomic mass is 16.5. The zero-order valence-corrected chi connectivity index (χ0v) is 10.2. The van der Waals surface area contributed by atoms with Gasteiger partial charge in [-0.1, -0.05) is 0 Å². The molecule has 14 heavy (non-hydrogen) atoms. The molecule has 0 aromatic heterocycles. The summed E-state index contributed by atoms with van der Waals surface area (Å²) >= 11 is 0. The first-order valence-corrected chi connectivity index (χ1v) is 5.66. The third-order valence-corrected chi connectivity index (χ3v) is 3.15. The van der Waals surface area contributed by atoms with E-state index >= 15 is 0 Å². The summed E-state index contributed by atoms with van der Waals surface area (Å²) in [6.45, 7) is 13.7. The number of methoxy groups -OCH3 is 1. The van der Waals surface area contributed by atoms with Gasteiger partial charge in [0.15, 0.2) is 0 Å². The van der Waals surface area contributed by atoms with E-state index in [4.69, 9.17) is 9.47 Å². The molecule has 0 saturated carbocycles. The Labute approximate surface area is 88.6 Å². The summed E-state index contributed by atoms with van der Waals surface area (Å²) in [4.78, 5) is 0. The van der Waals surface area contributed by atoms with E-state index in [9.17, 15) is 0 Å². The van der Waals surface area contributed by atoms with Crippen LogP contribution in [-0.4, -0.2) is 57.6 Å². The molecule has 0 rings (SSSR count). The average molecular weight is 204 g/mol. The van der Waals surface area contributed by atoms with Gasteiger partial charge in [0.05, 0.1) is 39.5 Å². The smallest absolute Gasteiger partial charge is 0.102 e. The number of nitrogens with zero attached hydrogens (tertiary/aromatic N) is 1. The fourth-order valence-corrected chi connectivity index (χ4v) is 1.65. The lowest BCUT2D eigenvalue weighted by Gasteiger charge is -2.35. The Morgan fingerprint density at radius 1 is 0.857 bits per heavy atom. The summed E-state index contributed by atoms with van der Waals surface area (Å²) in [6.07, 6.45) is 0. The van der Waals surface area contributed by atoms with E-state index in [2.05, 4.69) is 20.8 Å². The molecule has 0 aromatic rings. The van der Waals surface area contributed by atoms with E-state index < -0.39 is 0 Å². The predicted octanol–water partition coefficient (Wildman–Crippen LogP) is 1.53. The van der Waals surface area contributed by atoms with Crippen LogP contribution < -0.4 is 0 Å². The van der Waals surface area contributed by atoms with Crippen molar-refractivity contribution in [2.24, 2.45) is 0 Å². The second-order valence-corrected chi connectivity index (χ2v) is 3.62. The third-order valence-electron chi connectivity index (χ3n) is 3.15. The van der Waals surface area contributed by atoms with E-state index in [1.165, 1.54) is 19.6 Å². The van der Waals surface area contributed by atoms with Crippen molar-refractivity contribution in [1.29, 1.82) is 0 Å². The number of hydrogen-bond acceptors (Lipinski definition) is 2.